The lowest BCUT2D eigenvalue weighted by atomic mass is 9.75. The lowest BCUT2D eigenvalue weighted by molar-refractivity contribution is -0.140. The van der Waals surface area contributed by atoms with Crippen LogP contribution >= 0.6 is 0 Å². The molecule has 9 nitrogen and oxygen atoms in total. The average Bonchev–Trinajstić information content (AvgIpc) is 3.23. The van der Waals surface area contributed by atoms with E-state index in [-0.39, 0.29) is 41.6 Å². The Labute approximate surface area is 186 Å². The zero-order chi connectivity index (χ0) is 22.6. The number of likely N-dealkylation sites (tertiary alicyclic amines) is 1. The van der Waals surface area contributed by atoms with E-state index in [9.17, 15) is 14.4 Å². The average molecular weight is 439 g/mol. The monoisotopic (exact) mass is 438 g/mol. The quantitative estimate of drug-likeness (QED) is 0.734. The van der Waals surface area contributed by atoms with Gasteiger partial charge in [-0.3, -0.25) is 24.0 Å². The van der Waals surface area contributed by atoms with Crippen molar-refractivity contribution in [3.8, 4) is 0 Å². The van der Waals surface area contributed by atoms with Gasteiger partial charge in [0.1, 0.15) is 12.6 Å². The van der Waals surface area contributed by atoms with Crippen molar-refractivity contribution in [2.45, 2.75) is 77.0 Å². The van der Waals surface area contributed by atoms with Crippen LogP contribution in [0.5, 0.6) is 0 Å². The first-order valence-electron chi connectivity index (χ1n) is 11.5. The second kappa shape index (κ2) is 7.56. The van der Waals surface area contributed by atoms with Crippen LogP contribution in [0.3, 0.4) is 0 Å². The highest BCUT2D eigenvalue weighted by Crippen LogP contribution is 2.48. The molecule has 2 aromatic rings. The molecule has 1 unspecified atom stereocenters. The lowest BCUT2D eigenvalue weighted by Crippen LogP contribution is -2.52. The van der Waals surface area contributed by atoms with Crippen LogP contribution in [0.4, 0.5) is 0 Å². The number of aromatic nitrogens is 3. The van der Waals surface area contributed by atoms with Crippen LogP contribution in [-0.4, -0.2) is 55.5 Å². The number of nitrogens with two attached hydrogens (primary N) is 1. The van der Waals surface area contributed by atoms with Crippen molar-refractivity contribution in [1.82, 2.24) is 25.0 Å². The number of primary amides is 1. The van der Waals surface area contributed by atoms with Gasteiger partial charge in [-0.25, -0.2) is 0 Å². The first-order chi connectivity index (χ1) is 15.2. The van der Waals surface area contributed by atoms with Crippen molar-refractivity contribution >= 4 is 28.6 Å². The SMILES string of the molecule is CC1(C)CCCC(NC(=O)[C@@H]2C[C@H]3C[C@H]3N2C(=O)Cn2nc(C(N)=O)c3ccncc32)C1. The Bertz CT molecular complexity index is 1090. The summed E-state index contributed by atoms with van der Waals surface area (Å²) in [6, 6.07) is 1.51. The van der Waals surface area contributed by atoms with Gasteiger partial charge in [-0.1, -0.05) is 20.3 Å². The van der Waals surface area contributed by atoms with E-state index in [1.807, 2.05) is 0 Å². The summed E-state index contributed by atoms with van der Waals surface area (Å²) in [6.45, 7) is 4.43. The minimum Gasteiger partial charge on any atom is -0.364 e. The van der Waals surface area contributed by atoms with Gasteiger partial charge in [0.25, 0.3) is 5.91 Å². The molecule has 2 saturated carbocycles. The van der Waals surface area contributed by atoms with Crippen LogP contribution in [0.25, 0.3) is 10.9 Å². The number of rotatable bonds is 5. The zero-order valence-corrected chi connectivity index (χ0v) is 18.6. The van der Waals surface area contributed by atoms with Gasteiger partial charge in [-0.05, 0) is 49.5 Å². The maximum atomic E-state index is 13.3. The Morgan fingerprint density at radius 2 is 2.09 bits per heavy atom. The molecular formula is C23H30N6O3. The molecule has 3 heterocycles. The molecule has 3 amide bonds. The Kier molecular flexibility index (Phi) is 4.94. The molecule has 3 N–H and O–H groups in total. The number of hydrogen-bond donors (Lipinski definition) is 2. The zero-order valence-electron chi connectivity index (χ0n) is 18.6. The first kappa shape index (κ1) is 20.9. The predicted molar refractivity (Wildman–Crippen MR) is 117 cm³/mol. The molecule has 2 aromatic heterocycles. The largest absolute Gasteiger partial charge is 0.364 e. The van der Waals surface area contributed by atoms with Gasteiger partial charge in [0.2, 0.25) is 11.8 Å². The molecule has 0 radical (unpaired) electrons. The van der Waals surface area contributed by atoms with Crippen molar-refractivity contribution < 1.29 is 14.4 Å². The van der Waals surface area contributed by atoms with E-state index >= 15 is 0 Å². The number of nitrogens with one attached hydrogen (secondary N) is 1. The van der Waals surface area contributed by atoms with Crippen LogP contribution in [0, 0.1) is 11.3 Å². The summed E-state index contributed by atoms with van der Waals surface area (Å²) in [7, 11) is 0. The molecule has 0 aromatic carbocycles. The van der Waals surface area contributed by atoms with Crippen LogP contribution in [0.15, 0.2) is 18.5 Å². The standard InChI is InChI=1S/C23H30N6O3/c1-23(2)6-3-4-14(10-23)26-22(32)17-9-13-8-16(13)29(17)19(30)12-28-18-11-25-7-5-15(18)20(27-28)21(24)31/h5,7,11,13-14,16-17H,3-4,6,8-10,12H2,1-2H3,(H2,24,31)(H,26,32)/t13-,14?,16-,17+/m1/s1. The number of nitrogens with zero attached hydrogens (tertiary/aromatic N) is 4. The van der Waals surface area contributed by atoms with Crippen LogP contribution < -0.4 is 11.1 Å². The van der Waals surface area contributed by atoms with Gasteiger partial charge >= 0.3 is 0 Å². The number of hydrogen-bond acceptors (Lipinski definition) is 5. The summed E-state index contributed by atoms with van der Waals surface area (Å²) in [5.74, 6) is -0.459. The molecule has 0 bridgehead atoms. The Hall–Kier alpha value is -2.97. The van der Waals surface area contributed by atoms with Crippen LogP contribution in [0.2, 0.25) is 0 Å². The molecule has 2 aliphatic carbocycles. The summed E-state index contributed by atoms with van der Waals surface area (Å²) in [5.41, 5.74) is 6.39. The number of piperidine rings is 1. The maximum absolute atomic E-state index is 13.3. The molecule has 32 heavy (non-hydrogen) atoms. The van der Waals surface area contributed by atoms with Gasteiger partial charge in [-0.15, -0.1) is 0 Å². The van der Waals surface area contributed by atoms with Crippen molar-refractivity contribution in [1.29, 1.82) is 0 Å². The van der Waals surface area contributed by atoms with E-state index in [0.717, 1.165) is 25.7 Å². The molecule has 5 rings (SSSR count). The molecule has 1 aliphatic heterocycles. The summed E-state index contributed by atoms with van der Waals surface area (Å²) < 4.78 is 1.47. The van der Waals surface area contributed by atoms with Crippen molar-refractivity contribution in [2.75, 3.05) is 0 Å². The fourth-order valence-electron chi connectivity index (χ4n) is 5.70. The molecular weight excluding hydrogens is 408 g/mol. The third-order valence-electron chi connectivity index (χ3n) is 7.32. The summed E-state index contributed by atoms with van der Waals surface area (Å²) >= 11 is 0. The third-order valence-corrected chi connectivity index (χ3v) is 7.32. The van der Waals surface area contributed by atoms with E-state index in [1.54, 1.807) is 23.4 Å². The van der Waals surface area contributed by atoms with E-state index in [4.69, 9.17) is 5.73 Å². The molecule has 170 valence electrons. The van der Waals surface area contributed by atoms with E-state index < -0.39 is 11.9 Å². The van der Waals surface area contributed by atoms with Gasteiger partial charge in [0.15, 0.2) is 5.69 Å². The molecule has 3 fully saturated rings. The van der Waals surface area contributed by atoms with E-state index in [1.165, 1.54) is 11.1 Å². The Morgan fingerprint density at radius 3 is 2.84 bits per heavy atom. The van der Waals surface area contributed by atoms with Crippen molar-refractivity contribution in [3.63, 3.8) is 0 Å². The summed E-state index contributed by atoms with van der Waals surface area (Å²) in [4.78, 5) is 44.1. The highest BCUT2D eigenvalue weighted by molar-refractivity contribution is 6.04. The van der Waals surface area contributed by atoms with Crippen LogP contribution in [0.1, 0.15) is 62.9 Å². The number of amides is 3. The van der Waals surface area contributed by atoms with Crippen molar-refractivity contribution in [3.05, 3.63) is 24.2 Å². The topological polar surface area (TPSA) is 123 Å². The molecule has 9 heteroatoms. The fraction of sp³-hybridized carbons (Fsp3) is 0.609. The van der Waals surface area contributed by atoms with Crippen LogP contribution in [-0.2, 0) is 16.1 Å². The molecule has 4 atom stereocenters. The van der Waals surface area contributed by atoms with Gasteiger partial charge < -0.3 is 16.0 Å². The second-order valence-electron chi connectivity index (χ2n) is 10.3. The molecule has 1 saturated heterocycles. The lowest BCUT2D eigenvalue weighted by Gasteiger charge is -2.36. The number of carbonyl (C=O) groups is 3. The summed E-state index contributed by atoms with van der Waals surface area (Å²) in [5, 5.41) is 8.07. The fourth-order valence-corrected chi connectivity index (χ4v) is 5.70. The smallest absolute Gasteiger partial charge is 0.269 e. The number of fused-ring (bicyclic) bond motifs is 2. The normalized spacial score (nSPS) is 28.4. The van der Waals surface area contributed by atoms with Gasteiger partial charge in [0.05, 0.1) is 11.7 Å². The van der Waals surface area contributed by atoms with E-state index in [0.29, 0.717) is 23.2 Å². The van der Waals surface area contributed by atoms with E-state index in [2.05, 4.69) is 29.2 Å². The van der Waals surface area contributed by atoms with Crippen molar-refractivity contribution in [2.24, 2.45) is 17.1 Å². The summed E-state index contributed by atoms with van der Waals surface area (Å²) in [6.07, 6.45) is 9.04. The highest BCUT2D eigenvalue weighted by atomic mass is 16.2. The first-order valence-corrected chi connectivity index (χ1v) is 11.5. The van der Waals surface area contributed by atoms with Gasteiger partial charge in [-0.2, -0.15) is 5.10 Å². The number of pyridine rings is 1. The molecule has 3 aliphatic rings. The minimum absolute atomic E-state index is 0.0435. The number of carbonyl (C=O) groups excluding carboxylic acids is 3. The Balaban J connectivity index is 1.33. The molecule has 0 spiro atoms. The second-order valence-corrected chi connectivity index (χ2v) is 10.3. The minimum atomic E-state index is -0.650. The highest BCUT2D eigenvalue weighted by Gasteiger charge is 2.56. The predicted octanol–water partition coefficient (Wildman–Crippen LogP) is 1.60. The third kappa shape index (κ3) is 3.73. The maximum Gasteiger partial charge on any atom is 0.269 e. The van der Waals surface area contributed by atoms with Gasteiger partial charge in [0, 0.05) is 23.7 Å². The Morgan fingerprint density at radius 1 is 1.28 bits per heavy atom.